The van der Waals surface area contributed by atoms with Crippen LogP contribution < -0.4 is 11.2 Å². The highest BCUT2D eigenvalue weighted by atomic mass is 16.5. The van der Waals surface area contributed by atoms with Gasteiger partial charge in [-0.2, -0.15) is 20.0 Å². The Morgan fingerprint density at radius 3 is 2.73 bits per heavy atom. The number of hydrogen-bond acceptors (Lipinski definition) is 7. The maximum Gasteiger partial charge on any atom is 0.161 e. The molecule has 4 rings (SSSR count). The molecule has 2 aromatic heterocycles. The number of nitrogen functional groups attached to an aromatic ring is 1. The van der Waals surface area contributed by atoms with Gasteiger partial charge in [-0.05, 0) is 57.1 Å². The molecule has 0 saturated heterocycles. The van der Waals surface area contributed by atoms with Gasteiger partial charge >= 0.3 is 0 Å². The second-order valence-corrected chi connectivity index (χ2v) is 9.54. The number of rotatable bonds is 10. The largest absolute Gasteiger partial charge is 0.385 e. The van der Waals surface area contributed by atoms with Gasteiger partial charge < -0.3 is 10.5 Å². The molecule has 1 unspecified atom stereocenters. The van der Waals surface area contributed by atoms with E-state index in [1.54, 1.807) is 24.0 Å². The maximum atomic E-state index is 9.87. The standard InChI is InChI=1S/C28H35N7O.2C2H6/c1-3-21(18-31-34-23-9-6-4-5-7-10-23)24-19-32-35-26(30)17-25(33-27(24)35)22-11-14-28(20-29,15-12-22)13-8-16-36-2;2*1-2/h3-4,6-7,9-10,17-19,21-22,34H,1,5,8,11-16,30H2,2H3;2*1-2H3/b31-18-;;. The molecule has 2 aliphatic carbocycles. The summed E-state index contributed by atoms with van der Waals surface area (Å²) < 4.78 is 6.86. The summed E-state index contributed by atoms with van der Waals surface area (Å²) in [7, 11) is 1.70. The van der Waals surface area contributed by atoms with Crippen molar-refractivity contribution in [3.8, 4) is 6.07 Å². The summed E-state index contributed by atoms with van der Waals surface area (Å²) in [4.78, 5) is 5.00. The van der Waals surface area contributed by atoms with Crippen LogP contribution in [-0.2, 0) is 4.74 Å². The summed E-state index contributed by atoms with van der Waals surface area (Å²) in [5.41, 5.74) is 12.7. The third kappa shape index (κ3) is 8.40. The number of ether oxygens (including phenoxy) is 1. The molecule has 8 nitrogen and oxygen atoms in total. The normalized spacial score (nSPS) is 20.8. The fraction of sp³-hybridized carbons (Fsp3) is 0.500. The number of hydrogen-bond donors (Lipinski definition) is 2. The van der Waals surface area contributed by atoms with Gasteiger partial charge in [0.05, 0.1) is 23.4 Å². The topological polar surface area (TPSA) is 114 Å². The lowest BCUT2D eigenvalue weighted by atomic mass is 9.68. The summed E-state index contributed by atoms with van der Waals surface area (Å²) in [6, 6.07) is 4.53. The first kappa shape index (κ1) is 32.5. The summed E-state index contributed by atoms with van der Waals surface area (Å²) in [6.07, 6.45) is 21.8. The first-order valence-corrected chi connectivity index (χ1v) is 14.6. The van der Waals surface area contributed by atoms with Gasteiger partial charge in [-0.1, -0.05) is 52.0 Å². The van der Waals surface area contributed by atoms with Crippen LogP contribution in [0.15, 0.2) is 66.1 Å². The van der Waals surface area contributed by atoms with E-state index in [4.69, 9.17) is 15.5 Å². The molecule has 40 heavy (non-hydrogen) atoms. The number of nitrogens with zero attached hydrogens (tertiary/aromatic N) is 5. The maximum absolute atomic E-state index is 9.87. The van der Waals surface area contributed by atoms with E-state index in [1.165, 1.54) is 0 Å². The van der Waals surface area contributed by atoms with Crippen molar-refractivity contribution in [3.05, 3.63) is 72.3 Å². The van der Waals surface area contributed by atoms with Crippen molar-refractivity contribution >= 4 is 17.7 Å². The minimum atomic E-state index is -0.262. The van der Waals surface area contributed by atoms with E-state index in [1.807, 2.05) is 58.1 Å². The van der Waals surface area contributed by atoms with Crippen molar-refractivity contribution in [2.45, 2.75) is 84.5 Å². The molecule has 2 aromatic rings. The highest BCUT2D eigenvalue weighted by Gasteiger charge is 2.36. The van der Waals surface area contributed by atoms with Crippen LogP contribution in [0.3, 0.4) is 0 Å². The van der Waals surface area contributed by atoms with Gasteiger partial charge in [0.15, 0.2) is 5.65 Å². The van der Waals surface area contributed by atoms with Crippen molar-refractivity contribution in [1.82, 2.24) is 20.0 Å². The lowest BCUT2D eigenvalue weighted by Crippen LogP contribution is -2.26. The molecule has 8 heteroatoms. The van der Waals surface area contributed by atoms with E-state index in [0.29, 0.717) is 12.4 Å². The zero-order chi connectivity index (χ0) is 29.4. The highest BCUT2D eigenvalue weighted by molar-refractivity contribution is 5.74. The quantitative estimate of drug-likeness (QED) is 0.141. The van der Waals surface area contributed by atoms with E-state index in [-0.39, 0.29) is 17.3 Å². The Kier molecular flexibility index (Phi) is 13.9. The van der Waals surface area contributed by atoms with Gasteiger partial charge in [-0.3, -0.25) is 5.43 Å². The fourth-order valence-electron chi connectivity index (χ4n) is 5.02. The molecule has 2 heterocycles. The number of nitrogens with two attached hydrogens (primary N) is 1. The van der Waals surface area contributed by atoms with Crippen LogP contribution in [0.25, 0.3) is 5.65 Å². The van der Waals surface area contributed by atoms with Crippen molar-refractivity contribution in [2.75, 3.05) is 19.5 Å². The van der Waals surface area contributed by atoms with E-state index in [9.17, 15) is 5.26 Å². The summed E-state index contributed by atoms with van der Waals surface area (Å²) >= 11 is 0. The number of aromatic nitrogens is 3. The molecule has 1 atom stereocenters. The summed E-state index contributed by atoms with van der Waals surface area (Å²) in [5, 5.41) is 18.8. The number of hydrazone groups is 1. The Morgan fingerprint density at radius 1 is 1.30 bits per heavy atom. The molecule has 0 aromatic carbocycles. The average molecular weight is 546 g/mol. The minimum Gasteiger partial charge on any atom is -0.385 e. The van der Waals surface area contributed by atoms with Gasteiger partial charge in [0, 0.05) is 49.1 Å². The molecule has 216 valence electrons. The van der Waals surface area contributed by atoms with Crippen LogP contribution in [-0.4, -0.2) is 34.5 Å². The van der Waals surface area contributed by atoms with E-state index in [0.717, 1.165) is 67.5 Å². The number of allylic oxidation sites excluding steroid dienone is 6. The Bertz CT molecular complexity index is 1220. The molecule has 0 aliphatic heterocycles. The van der Waals surface area contributed by atoms with Gasteiger partial charge in [-0.25, -0.2) is 4.98 Å². The first-order valence-electron chi connectivity index (χ1n) is 14.6. The van der Waals surface area contributed by atoms with Crippen LogP contribution in [0.2, 0.25) is 0 Å². The molecule has 0 radical (unpaired) electrons. The molecular formula is C32H47N7O. The highest BCUT2D eigenvalue weighted by Crippen LogP contribution is 2.45. The molecule has 1 saturated carbocycles. The SMILES string of the molecule is C=CC(/C=N\NC1=CC=CCC=C1)c1cnn2c(N)cc(C3CCC(C#N)(CCCOC)CC3)nc12.CC.CC. The number of nitrogens with one attached hydrogen (secondary N) is 1. The van der Waals surface area contributed by atoms with Crippen molar-refractivity contribution in [3.63, 3.8) is 0 Å². The third-order valence-corrected chi connectivity index (χ3v) is 7.17. The molecule has 0 bridgehead atoms. The molecular weight excluding hydrogens is 498 g/mol. The van der Waals surface area contributed by atoms with Crippen molar-refractivity contribution in [1.29, 1.82) is 5.26 Å². The second kappa shape index (κ2) is 17.1. The lowest BCUT2D eigenvalue weighted by molar-refractivity contribution is 0.161. The number of anilines is 1. The van der Waals surface area contributed by atoms with E-state index >= 15 is 0 Å². The third-order valence-electron chi connectivity index (χ3n) is 7.17. The van der Waals surface area contributed by atoms with Crippen LogP contribution in [0.1, 0.15) is 95.7 Å². The van der Waals surface area contributed by atoms with Gasteiger partial charge in [0.2, 0.25) is 0 Å². The van der Waals surface area contributed by atoms with Crippen molar-refractivity contribution < 1.29 is 4.74 Å². The Morgan fingerprint density at radius 2 is 2.05 bits per heavy atom. The Labute approximate surface area is 240 Å². The molecule has 0 amide bonds. The average Bonchev–Trinajstić information content (AvgIpc) is 3.26. The second-order valence-electron chi connectivity index (χ2n) is 9.54. The Balaban J connectivity index is 0.00000134. The molecule has 2 aliphatic rings. The smallest absolute Gasteiger partial charge is 0.161 e. The first-order chi connectivity index (χ1) is 19.6. The zero-order valence-electron chi connectivity index (χ0n) is 24.9. The number of methoxy groups -OCH3 is 1. The molecule has 0 spiro atoms. The predicted molar refractivity (Wildman–Crippen MR) is 166 cm³/mol. The monoisotopic (exact) mass is 545 g/mol. The Hall–Kier alpha value is -3.70. The summed E-state index contributed by atoms with van der Waals surface area (Å²) in [5.74, 6) is 0.641. The molecule has 1 fully saturated rings. The number of nitriles is 1. The van der Waals surface area contributed by atoms with Crippen LogP contribution in [0, 0.1) is 16.7 Å². The van der Waals surface area contributed by atoms with Crippen LogP contribution >= 0.6 is 0 Å². The van der Waals surface area contributed by atoms with Gasteiger partial charge in [0.1, 0.15) is 5.82 Å². The van der Waals surface area contributed by atoms with Crippen LogP contribution in [0.5, 0.6) is 0 Å². The minimum absolute atomic E-state index is 0.179. The molecule has 3 N–H and O–H groups in total. The number of fused-ring (bicyclic) bond motifs is 1. The van der Waals surface area contributed by atoms with Crippen molar-refractivity contribution in [2.24, 2.45) is 10.5 Å². The zero-order valence-corrected chi connectivity index (χ0v) is 24.9. The van der Waals surface area contributed by atoms with E-state index < -0.39 is 0 Å². The summed E-state index contributed by atoms with van der Waals surface area (Å²) in [6.45, 7) is 12.7. The van der Waals surface area contributed by atoms with E-state index in [2.05, 4.69) is 40.4 Å². The lowest BCUT2D eigenvalue weighted by Gasteiger charge is -2.35. The van der Waals surface area contributed by atoms with Crippen LogP contribution in [0.4, 0.5) is 5.82 Å². The van der Waals surface area contributed by atoms with Gasteiger partial charge in [-0.15, -0.1) is 6.58 Å². The predicted octanol–water partition coefficient (Wildman–Crippen LogP) is 7.20. The fourth-order valence-corrected chi connectivity index (χ4v) is 5.02. The van der Waals surface area contributed by atoms with Gasteiger partial charge in [0.25, 0.3) is 0 Å².